The molecule has 0 aromatic heterocycles. The van der Waals surface area contributed by atoms with E-state index in [1.54, 1.807) is 58.0 Å². The first-order valence-corrected chi connectivity index (χ1v) is 16.1. The predicted octanol–water partition coefficient (Wildman–Crippen LogP) is 0.758. The monoisotopic (exact) mass is 653 g/mol. The molecular formula is C34H46BN2O10. The Morgan fingerprint density at radius 3 is 2.43 bits per heavy atom. The number of aliphatic hydroxyl groups is 3. The second-order valence-electron chi connectivity index (χ2n) is 14.6. The topological polar surface area (TPSA) is 195 Å². The van der Waals surface area contributed by atoms with E-state index in [-0.39, 0.29) is 31.1 Å². The molecule has 6 N–H and O–H groups in total. The van der Waals surface area contributed by atoms with Gasteiger partial charge >= 0.3 is 11.9 Å². The van der Waals surface area contributed by atoms with Crippen LogP contribution < -0.4 is 11.0 Å². The average molecular weight is 654 g/mol. The molecule has 1 aliphatic heterocycles. The minimum atomic E-state index is -1.75. The van der Waals surface area contributed by atoms with Gasteiger partial charge in [0, 0.05) is 23.7 Å². The first-order valence-electron chi connectivity index (χ1n) is 16.1. The molecule has 255 valence electrons. The van der Waals surface area contributed by atoms with Gasteiger partial charge in [0.1, 0.15) is 18.3 Å². The number of carbonyl (C=O) groups is 4. The van der Waals surface area contributed by atoms with Crippen molar-refractivity contribution in [3.8, 4) is 0 Å². The van der Waals surface area contributed by atoms with Gasteiger partial charge in [-0.2, -0.15) is 0 Å². The number of esters is 2. The van der Waals surface area contributed by atoms with Gasteiger partial charge in [-0.3, -0.25) is 9.59 Å². The van der Waals surface area contributed by atoms with Crippen molar-refractivity contribution in [1.82, 2.24) is 5.23 Å². The van der Waals surface area contributed by atoms with Crippen LogP contribution in [0.1, 0.15) is 66.0 Å². The number of carbonyl (C=O) groups excluding carboxylic acids is 4. The van der Waals surface area contributed by atoms with Crippen molar-refractivity contribution in [1.29, 1.82) is 0 Å². The quantitative estimate of drug-likeness (QED) is 0.109. The van der Waals surface area contributed by atoms with E-state index in [1.165, 1.54) is 0 Å². The van der Waals surface area contributed by atoms with Crippen LogP contribution in [-0.4, -0.2) is 95.9 Å². The molecule has 11 atom stereocenters. The number of rotatable bonds is 9. The summed E-state index contributed by atoms with van der Waals surface area (Å²) in [6, 6.07) is 7.57. The molecule has 0 unspecified atom stereocenters. The van der Waals surface area contributed by atoms with Gasteiger partial charge in [-0.05, 0) is 42.4 Å². The van der Waals surface area contributed by atoms with Crippen LogP contribution in [0.25, 0.3) is 0 Å². The third-order valence-electron chi connectivity index (χ3n) is 12.0. The van der Waals surface area contributed by atoms with Crippen LogP contribution in [0.5, 0.6) is 0 Å². The van der Waals surface area contributed by atoms with Gasteiger partial charge in [-0.1, -0.05) is 58.0 Å². The molecule has 1 aromatic rings. The molecule has 13 heteroatoms. The number of hydrogen-bond acceptors (Lipinski definition) is 12. The molecule has 1 heterocycles. The zero-order chi connectivity index (χ0) is 34.7. The molecule has 0 spiro atoms. The number of ether oxygens (including phenoxy) is 3. The summed E-state index contributed by atoms with van der Waals surface area (Å²) in [7, 11) is 1.08. The molecule has 3 fully saturated rings. The molecule has 2 bridgehead atoms. The zero-order valence-corrected chi connectivity index (χ0v) is 27.8. The number of hydrogen-bond donors (Lipinski definition) is 5. The van der Waals surface area contributed by atoms with Crippen molar-refractivity contribution >= 4 is 31.3 Å². The van der Waals surface area contributed by atoms with Crippen LogP contribution in [0, 0.1) is 28.1 Å². The highest BCUT2D eigenvalue weighted by Gasteiger charge is 2.73. The number of nitrogens with two attached hydrogens (primary N) is 1. The van der Waals surface area contributed by atoms with E-state index in [0.29, 0.717) is 23.9 Å². The van der Waals surface area contributed by atoms with E-state index in [9.17, 15) is 34.5 Å². The fourth-order valence-corrected chi connectivity index (χ4v) is 9.45. The smallest absolute Gasteiger partial charge is 0.337 e. The normalized spacial score (nSPS) is 38.7. The molecule has 3 aliphatic carbocycles. The first-order chi connectivity index (χ1) is 22.0. The summed E-state index contributed by atoms with van der Waals surface area (Å²) in [5, 5.41) is 38.9. The lowest BCUT2D eigenvalue weighted by Gasteiger charge is -2.68. The van der Waals surface area contributed by atoms with Crippen molar-refractivity contribution in [3.05, 3.63) is 47.0 Å². The highest BCUT2D eigenvalue weighted by Crippen LogP contribution is 2.67. The fraction of sp³-hybridized carbons (Fsp3) is 0.647. The largest absolute Gasteiger partial charge is 0.460 e. The third-order valence-corrected chi connectivity index (χ3v) is 12.0. The Kier molecular flexibility index (Phi) is 9.41. The van der Waals surface area contributed by atoms with E-state index < -0.39 is 81.9 Å². The Morgan fingerprint density at radius 1 is 1.19 bits per heavy atom. The van der Waals surface area contributed by atoms with Crippen LogP contribution in [0.2, 0.25) is 0 Å². The Labute approximate surface area is 275 Å². The number of Topliss-reactive ketones (excluding diaryl/α,β-unsaturated/α-hetero) is 1. The van der Waals surface area contributed by atoms with Gasteiger partial charge in [0.25, 0.3) is 7.41 Å². The molecular weight excluding hydrogens is 607 g/mol. The van der Waals surface area contributed by atoms with Gasteiger partial charge in [0.15, 0.2) is 11.9 Å². The molecule has 47 heavy (non-hydrogen) atoms. The van der Waals surface area contributed by atoms with E-state index in [0.717, 1.165) is 7.41 Å². The van der Waals surface area contributed by atoms with Crippen molar-refractivity contribution in [3.63, 3.8) is 0 Å². The van der Waals surface area contributed by atoms with E-state index in [4.69, 9.17) is 19.9 Å². The van der Waals surface area contributed by atoms with E-state index in [2.05, 4.69) is 5.23 Å². The zero-order valence-electron chi connectivity index (χ0n) is 27.8. The number of nitrogens with one attached hydrogen (secondary N) is 1. The minimum Gasteiger partial charge on any atom is -0.460 e. The maximum atomic E-state index is 14.7. The summed E-state index contributed by atoms with van der Waals surface area (Å²) in [5.74, 6) is -3.56. The SMILES string of the molecule is CC1=C2[C@@H](O)C(=O)[C@]3(C)[C@@H](OC(=O)CN)C[C@H]4OC[C@@]4(C)[C@H]3[C@H](C)[C@](O)(C[C@@H]1OC(=O)[C@H](O)[C@@H](N[B]C=O)c1ccccc1)C2(C)C. The van der Waals surface area contributed by atoms with Gasteiger partial charge in [0.2, 0.25) is 0 Å². The Morgan fingerprint density at radius 2 is 1.85 bits per heavy atom. The van der Waals surface area contributed by atoms with Crippen molar-refractivity contribution in [2.45, 2.75) is 96.5 Å². The second kappa shape index (κ2) is 12.5. The van der Waals surface area contributed by atoms with Crippen LogP contribution in [0.3, 0.4) is 0 Å². The van der Waals surface area contributed by atoms with Gasteiger partial charge in [-0.25, -0.2) is 4.79 Å². The average Bonchev–Trinajstić information content (AvgIpc) is 3.03. The van der Waals surface area contributed by atoms with E-state index >= 15 is 0 Å². The van der Waals surface area contributed by atoms with Crippen molar-refractivity contribution in [2.75, 3.05) is 13.2 Å². The lowest BCUT2D eigenvalue weighted by atomic mass is 9.40. The summed E-state index contributed by atoms with van der Waals surface area (Å²) >= 11 is 0. The Balaban J connectivity index is 1.58. The highest BCUT2D eigenvalue weighted by molar-refractivity contribution is 6.64. The van der Waals surface area contributed by atoms with Crippen molar-refractivity contribution in [2.24, 2.45) is 33.8 Å². The van der Waals surface area contributed by atoms with Crippen LogP contribution in [-0.2, 0) is 33.4 Å². The molecule has 12 nitrogen and oxygen atoms in total. The first kappa shape index (κ1) is 35.4. The van der Waals surface area contributed by atoms with E-state index in [1.807, 2.05) is 13.8 Å². The lowest BCUT2D eigenvalue weighted by molar-refractivity contribution is -0.303. The Hall–Kier alpha value is -2.94. The fourth-order valence-electron chi connectivity index (χ4n) is 9.45. The number of aliphatic hydroxyl groups excluding tert-OH is 2. The summed E-state index contributed by atoms with van der Waals surface area (Å²) in [6.45, 7) is 10.6. The van der Waals surface area contributed by atoms with Gasteiger partial charge in [-0.15, -0.1) is 0 Å². The molecule has 0 amide bonds. The van der Waals surface area contributed by atoms with Gasteiger partial charge < -0.3 is 45.3 Å². The molecule has 5 rings (SSSR count). The lowest BCUT2D eigenvalue weighted by Crippen LogP contribution is -2.75. The van der Waals surface area contributed by atoms with Gasteiger partial charge in [0.05, 0.1) is 42.5 Å². The third kappa shape index (κ3) is 5.30. The summed E-state index contributed by atoms with van der Waals surface area (Å²) in [6.07, 6.45) is -5.30. The van der Waals surface area contributed by atoms with Crippen LogP contribution in [0.4, 0.5) is 0 Å². The Bertz CT molecular complexity index is 1450. The number of fused-ring (bicyclic) bond motifs is 5. The summed E-state index contributed by atoms with van der Waals surface area (Å²) < 4.78 is 17.7. The minimum absolute atomic E-state index is 0.0960. The maximum absolute atomic E-state index is 14.7. The second-order valence-corrected chi connectivity index (χ2v) is 14.6. The summed E-state index contributed by atoms with van der Waals surface area (Å²) in [5.41, 5.74) is 1.84. The standard InChI is InChI=1S/C34H46BN2O10/c1-17-20(46-30(43)27(41)25(37-35-16-38)19-10-8-7-9-11-19)13-34(44)18(2)28-32(5)15-45-21(32)12-22(47-23(39)14-36)33(28,6)29(42)26(40)24(17)31(34,3)4/h7-11,16,18,20-22,25-28,37,40-41,44H,12-15,36H2,1-6H3/t18-,20-,21+,22-,25-,26+,27+,28+,32+,33+,34+/m0/s1. The molecule has 2 saturated carbocycles. The van der Waals surface area contributed by atoms with Crippen molar-refractivity contribution < 1.29 is 48.7 Å². The number of benzene rings is 1. The van der Waals surface area contributed by atoms with Crippen LogP contribution >= 0.6 is 0 Å². The van der Waals surface area contributed by atoms with Crippen LogP contribution in [0.15, 0.2) is 41.5 Å². The molecule has 1 radical (unpaired) electrons. The molecule has 1 saturated heterocycles. The highest BCUT2D eigenvalue weighted by atomic mass is 16.6. The molecule has 1 aromatic carbocycles. The number of ketones is 1. The predicted molar refractivity (Wildman–Crippen MR) is 170 cm³/mol. The summed E-state index contributed by atoms with van der Waals surface area (Å²) in [4.78, 5) is 51.9. The maximum Gasteiger partial charge on any atom is 0.337 e. The molecule has 4 aliphatic rings.